The largest absolute Gasteiger partial charge is 0.340 e. The Morgan fingerprint density at radius 2 is 2.13 bits per heavy atom. The van der Waals surface area contributed by atoms with Gasteiger partial charge in [-0.15, -0.1) is 0 Å². The van der Waals surface area contributed by atoms with Crippen molar-refractivity contribution in [2.75, 3.05) is 0 Å². The van der Waals surface area contributed by atoms with Crippen LogP contribution in [0.3, 0.4) is 0 Å². The molecule has 0 aliphatic rings. The summed E-state index contributed by atoms with van der Waals surface area (Å²) >= 11 is 0. The fourth-order valence-electron chi connectivity index (χ4n) is 2.21. The van der Waals surface area contributed by atoms with Gasteiger partial charge in [-0.05, 0) is 19.3 Å². The Hall–Kier alpha value is -2.31. The van der Waals surface area contributed by atoms with Crippen molar-refractivity contribution in [3.8, 4) is 0 Å². The molecule has 7 heteroatoms. The molecule has 0 saturated heterocycles. The summed E-state index contributed by atoms with van der Waals surface area (Å²) in [4.78, 5) is 24.9. The second-order valence-electron chi connectivity index (χ2n) is 5.98. The molecule has 0 aromatic carbocycles. The van der Waals surface area contributed by atoms with Crippen molar-refractivity contribution >= 4 is 5.91 Å². The molecule has 2 aromatic rings. The minimum atomic E-state index is -0.370. The predicted molar refractivity (Wildman–Crippen MR) is 84.7 cm³/mol. The second-order valence-corrected chi connectivity index (χ2v) is 5.98. The van der Waals surface area contributed by atoms with E-state index in [1.165, 1.54) is 12.5 Å². The van der Waals surface area contributed by atoms with Gasteiger partial charge in [-0.2, -0.15) is 4.98 Å². The number of hydrogen-bond acceptors (Lipinski definition) is 6. The lowest BCUT2D eigenvalue weighted by atomic mass is 10.1. The van der Waals surface area contributed by atoms with Crippen LogP contribution in [-0.2, 0) is 12.8 Å². The summed E-state index contributed by atoms with van der Waals surface area (Å²) in [5.74, 6) is 1.28. The van der Waals surface area contributed by atoms with Crippen LogP contribution in [-0.4, -0.2) is 26.0 Å². The average molecular weight is 317 g/mol. The Labute approximate surface area is 135 Å². The first-order chi connectivity index (χ1) is 11.0. The number of carbonyl (C=O) groups is 1. The Morgan fingerprint density at radius 3 is 2.83 bits per heavy atom. The fraction of sp³-hybridized carbons (Fsp3) is 0.562. The van der Waals surface area contributed by atoms with Crippen LogP contribution in [0.2, 0.25) is 0 Å². The number of rotatable bonds is 7. The van der Waals surface area contributed by atoms with Gasteiger partial charge in [0.15, 0.2) is 5.82 Å². The van der Waals surface area contributed by atoms with Gasteiger partial charge in [0.1, 0.15) is 12.4 Å². The van der Waals surface area contributed by atoms with Crippen molar-refractivity contribution in [2.24, 2.45) is 5.92 Å². The summed E-state index contributed by atoms with van der Waals surface area (Å²) in [5.41, 5.74) is 1.24. The lowest BCUT2D eigenvalue weighted by Gasteiger charge is -2.11. The van der Waals surface area contributed by atoms with Gasteiger partial charge in [0, 0.05) is 12.6 Å². The van der Waals surface area contributed by atoms with Crippen molar-refractivity contribution < 1.29 is 9.32 Å². The van der Waals surface area contributed by atoms with E-state index in [0.717, 1.165) is 25.0 Å². The summed E-state index contributed by atoms with van der Waals surface area (Å²) < 4.78 is 5.23. The van der Waals surface area contributed by atoms with Crippen LogP contribution in [0.15, 0.2) is 17.0 Å². The molecule has 1 atom stereocenters. The van der Waals surface area contributed by atoms with E-state index in [9.17, 15) is 4.79 Å². The molecule has 0 radical (unpaired) electrons. The molecule has 7 nitrogen and oxygen atoms in total. The molecule has 2 rings (SSSR count). The second kappa shape index (κ2) is 7.80. The van der Waals surface area contributed by atoms with Gasteiger partial charge in [0.05, 0.1) is 11.3 Å². The van der Waals surface area contributed by atoms with Crippen LogP contribution < -0.4 is 5.32 Å². The van der Waals surface area contributed by atoms with E-state index in [4.69, 9.17) is 4.52 Å². The van der Waals surface area contributed by atoms with E-state index in [1.807, 2.05) is 13.8 Å². The van der Waals surface area contributed by atoms with E-state index in [-0.39, 0.29) is 11.9 Å². The zero-order chi connectivity index (χ0) is 16.8. The first kappa shape index (κ1) is 17.1. The lowest BCUT2D eigenvalue weighted by Crippen LogP contribution is -2.28. The number of amides is 1. The molecule has 23 heavy (non-hydrogen) atoms. The molecule has 2 heterocycles. The van der Waals surface area contributed by atoms with Crippen molar-refractivity contribution in [1.29, 1.82) is 0 Å². The summed E-state index contributed by atoms with van der Waals surface area (Å²) in [6, 6.07) is -0.370. The van der Waals surface area contributed by atoms with Crippen LogP contribution in [0.25, 0.3) is 0 Å². The van der Waals surface area contributed by atoms with Crippen LogP contribution in [0.4, 0.5) is 0 Å². The van der Waals surface area contributed by atoms with Crippen LogP contribution in [0, 0.1) is 5.92 Å². The molecule has 0 aliphatic heterocycles. The molecule has 0 fully saturated rings. The summed E-state index contributed by atoms with van der Waals surface area (Å²) in [7, 11) is 0. The fourth-order valence-corrected chi connectivity index (χ4v) is 2.21. The van der Waals surface area contributed by atoms with Gasteiger partial charge in [-0.3, -0.25) is 4.79 Å². The Morgan fingerprint density at radius 1 is 1.35 bits per heavy atom. The van der Waals surface area contributed by atoms with Gasteiger partial charge in [-0.1, -0.05) is 32.3 Å². The predicted octanol–water partition coefficient (Wildman–Crippen LogP) is 2.50. The zero-order valence-electron chi connectivity index (χ0n) is 14.0. The quantitative estimate of drug-likeness (QED) is 0.843. The number of hydrogen-bond donors (Lipinski definition) is 1. The summed E-state index contributed by atoms with van der Waals surface area (Å²) in [5, 5.41) is 6.81. The molecule has 1 N–H and O–H groups in total. The third-order valence-corrected chi connectivity index (χ3v) is 3.32. The average Bonchev–Trinajstić information content (AvgIpc) is 2.96. The molecule has 124 valence electrons. The SMILES string of the molecule is CCCc1ncncc1C(=O)NC(C)c1nc(CC(C)C)no1. The first-order valence-electron chi connectivity index (χ1n) is 7.93. The number of aryl methyl sites for hydroxylation is 1. The minimum absolute atomic E-state index is 0.231. The van der Waals surface area contributed by atoms with Gasteiger partial charge in [-0.25, -0.2) is 9.97 Å². The Bertz CT molecular complexity index is 653. The third kappa shape index (κ3) is 4.58. The van der Waals surface area contributed by atoms with E-state index in [1.54, 1.807) is 0 Å². The van der Waals surface area contributed by atoms with Crippen molar-refractivity contribution in [3.63, 3.8) is 0 Å². The zero-order valence-corrected chi connectivity index (χ0v) is 14.0. The van der Waals surface area contributed by atoms with Crippen molar-refractivity contribution in [1.82, 2.24) is 25.4 Å². The van der Waals surface area contributed by atoms with E-state index in [2.05, 4.69) is 39.3 Å². The lowest BCUT2D eigenvalue weighted by molar-refractivity contribution is 0.0930. The van der Waals surface area contributed by atoms with Crippen molar-refractivity contribution in [3.05, 3.63) is 35.5 Å². The molecular weight excluding hydrogens is 294 g/mol. The van der Waals surface area contributed by atoms with E-state index < -0.39 is 0 Å². The molecule has 1 amide bonds. The molecule has 0 spiro atoms. The maximum Gasteiger partial charge on any atom is 0.255 e. The highest BCUT2D eigenvalue weighted by atomic mass is 16.5. The molecule has 0 saturated carbocycles. The number of nitrogens with zero attached hydrogens (tertiary/aromatic N) is 4. The van der Waals surface area contributed by atoms with Gasteiger partial charge >= 0.3 is 0 Å². The summed E-state index contributed by atoms with van der Waals surface area (Å²) in [6.07, 6.45) is 5.39. The third-order valence-electron chi connectivity index (χ3n) is 3.32. The highest BCUT2D eigenvalue weighted by Gasteiger charge is 2.20. The number of nitrogens with one attached hydrogen (secondary N) is 1. The highest BCUT2D eigenvalue weighted by molar-refractivity contribution is 5.95. The number of carbonyl (C=O) groups excluding carboxylic acids is 1. The highest BCUT2D eigenvalue weighted by Crippen LogP contribution is 2.14. The Kier molecular flexibility index (Phi) is 5.78. The monoisotopic (exact) mass is 317 g/mol. The maximum atomic E-state index is 12.4. The van der Waals surface area contributed by atoms with Crippen LogP contribution in [0.5, 0.6) is 0 Å². The van der Waals surface area contributed by atoms with Gasteiger partial charge < -0.3 is 9.84 Å². The smallest absolute Gasteiger partial charge is 0.255 e. The standard InChI is InChI=1S/C16H23N5O2/c1-5-6-13-12(8-17-9-18-13)15(22)19-11(4)16-20-14(21-23-16)7-10(2)3/h8-11H,5-7H2,1-4H3,(H,19,22). The van der Waals surface area contributed by atoms with Crippen LogP contribution in [0.1, 0.15) is 67.9 Å². The maximum absolute atomic E-state index is 12.4. The van der Waals surface area contributed by atoms with Gasteiger partial charge in [0.2, 0.25) is 5.89 Å². The minimum Gasteiger partial charge on any atom is -0.340 e. The molecular formula is C16H23N5O2. The van der Waals surface area contributed by atoms with Gasteiger partial charge in [0.25, 0.3) is 5.91 Å². The van der Waals surface area contributed by atoms with Crippen molar-refractivity contribution in [2.45, 2.75) is 53.0 Å². The van der Waals surface area contributed by atoms with E-state index in [0.29, 0.717) is 23.2 Å². The topological polar surface area (TPSA) is 93.8 Å². The Balaban J connectivity index is 2.06. The first-order valence-corrected chi connectivity index (χ1v) is 7.93. The van der Waals surface area contributed by atoms with Crippen LogP contribution >= 0.6 is 0 Å². The molecule has 2 aromatic heterocycles. The summed E-state index contributed by atoms with van der Waals surface area (Å²) in [6.45, 7) is 8.03. The molecule has 0 aliphatic carbocycles. The van der Waals surface area contributed by atoms with E-state index >= 15 is 0 Å². The number of aromatic nitrogens is 4. The molecule has 1 unspecified atom stereocenters. The molecule has 0 bridgehead atoms. The normalized spacial score (nSPS) is 12.4.